The lowest BCUT2D eigenvalue weighted by Gasteiger charge is -2.35. The first-order chi connectivity index (χ1) is 10.8. The molecule has 0 unspecified atom stereocenters. The highest BCUT2D eigenvalue weighted by molar-refractivity contribution is 9.10. The van der Waals surface area contributed by atoms with Gasteiger partial charge in [0.25, 0.3) is 5.69 Å². The largest absolute Gasteiger partial charge is 0.480 e. The van der Waals surface area contributed by atoms with Gasteiger partial charge in [-0.25, -0.2) is 9.59 Å². The van der Waals surface area contributed by atoms with Crippen LogP contribution in [0.2, 0.25) is 0 Å². The lowest BCUT2D eigenvalue weighted by atomic mass is 10.0. The van der Waals surface area contributed by atoms with Gasteiger partial charge in [0.2, 0.25) is 0 Å². The van der Waals surface area contributed by atoms with Gasteiger partial charge in [-0.05, 0) is 46.8 Å². The molecule has 132 valence electrons. The molecule has 0 radical (unpaired) electrons. The Kier molecular flexibility index (Phi) is 5.60. The molecule has 0 aliphatic carbocycles. The second-order valence-corrected chi connectivity index (χ2v) is 7.49. The quantitative estimate of drug-likeness (QED) is 0.602. The van der Waals surface area contributed by atoms with E-state index in [9.17, 15) is 24.8 Å². The van der Waals surface area contributed by atoms with Crippen LogP contribution in [0.25, 0.3) is 0 Å². The van der Waals surface area contributed by atoms with Crippen LogP contribution in [0.3, 0.4) is 0 Å². The van der Waals surface area contributed by atoms with E-state index >= 15 is 0 Å². The number of hydrogen-bond acceptors (Lipinski definition) is 5. The number of carbonyl (C=O) groups is 2. The molecule has 0 aromatic heterocycles. The van der Waals surface area contributed by atoms with Crippen molar-refractivity contribution in [2.45, 2.75) is 45.8 Å². The topological polar surface area (TPSA) is 110 Å². The van der Waals surface area contributed by atoms with E-state index in [1.165, 1.54) is 32.0 Å². The van der Waals surface area contributed by atoms with Gasteiger partial charge in [-0.15, -0.1) is 0 Å². The molecule has 1 N–H and O–H groups in total. The van der Waals surface area contributed by atoms with Gasteiger partial charge in [0.05, 0.1) is 4.92 Å². The molecule has 0 bridgehead atoms. The summed E-state index contributed by atoms with van der Waals surface area (Å²) < 4.78 is 5.71. The summed E-state index contributed by atoms with van der Waals surface area (Å²) in [6, 6.07) is 3.93. The first-order valence-electron chi connectivity index (χ1n) is 6.98. The van der Waals surface area contributed by atoms with E-state index in [0.29, 0.717) is 4.47 Å². The highest BCUT2D eigenvalue weighted by Crippen LogP contribution is 2.36. The zero-order valence-electron chi connectivity index (χ0n) is 14.0. The van der Waals surface area contributed by atoms with E-state index in [4.69, 9.17) is 4.74 Å². The number of anilines is 1. The molecule has 1 amide bonds. The average molecular weight is 403 g/mol. The van der Waals surface area contributed by atoms with Crippen molar-refractivity contribution in [1.29, 1.82) is 0 Å². The lowest BCUT2D eigenvalue weighted by Crippen LogP contribution is -2.55. The molecule has 9 heteroatoms. The Labute approximate surface area is 147 Å². The van der Waals surface area contributed by atoms with Crippen LogP contribution in [0, 0.1) is 10.1 Å². The normalized spacial score (nSPS) is 11.8. The molecular weight excluding hydrogens is 384 g/mol. The number of nitro benzene ring substituents is 1. The molecule has 24 heavy (non-hydrogen) atoms. The summed E-state index contributed by atoms with van der Waals surface area (Å²) in [5, 5.41) is 20.8. The van der Waals surface area contributed by atoms with Crippen molar-refractivity contribution in [3.8, 4) is 0 Å². The Morgan fingerprint density at radius 2 is 1.79 bits per heavy atom. The first-order valence-corrected chi connectivity index (χ1v) is 7.77. The van der Waals surface area contributed by atoms with Crippen LogP contribution >= 0.6 is 15.9 Å². The number of amides is 1. The van der Waals surface area contributed by atoms with Crippen LogP contribution in [0.4, 0.5) is 16.2 Å². The van der Waals surface area contributed by atoms with Gasteiger partial charge < -0.3 is 9.84 Å². The van der Waals surface area contributed by atoms with E-state index in [1.807, 2.05) is 0 Å². The molecule has 0 saturated heterocycles. The van der Waals surface area contributed by atoms with Crippen molar-refractivity contribution in [2.75, 3.05) is 4.90 Å². The van der Waals surface area contributed by atoms with Crippen LogP contribution < -0.4 is 4.90 Å². The van der Waals surface area contributed by atoms with Crippen molar-refractivity contribution in [3.63, 3.8) is 0 Å². The fraction of sp³-hybridized carbons (Fsp3) is 0.467. The van der Waals surface area contributed by atoms with Crippen molar-refractivity contribution in [2.24, 2.45) is 0 Å². The third-order valence-corrected chi connectivity index (χ3v) is 3.53. The number of carbonyl (C=O) groups excluding carboxylic acids is 1. The number of benzene rings is 1. The minimum Gasteiger partial charge on any atom is -0.480 e. The van der Waals surface area contributed by atoms with Gasteiger partial charge in [-0.3, -0.25) is 15.0 Å². The standard InChI is InChI=1S/C15H19BrN2O6/c1-14(2,3)24-13(21)17(15(4,5)12(19)20)11-8-9(16)6-7-10(11)18(22)23/h6-8H,1-5H3,(H,19,20). The summed E-state index contributed by atoms with van der Waals surface area (Å²) in [5.41, 5.74) is -3.24. The molecule has 1 aromatic carbocycles. The first kappa shape index (κ1) is 19.9. The van der Waals surface area contributed by atoms with Gasteiger partial charge in [0.15, 0.2) is 0 Å². The average Bonchev–Trinajstić information content (AvgIpc) is 2.35. The Hall–Kier alpha value is -2.16. The molecule has 0 saturated carbocycles. The number of rotatable bonds is 4. The maximum Gasteiger partial charge on any atom is 0.416 e. The molecule has 0 spiro atoms. The number of carboxylic acid groups (broad SMARTS) is 1. The maximum atomic E-state index is 12.6. The molecule has 1 aromatic rings. The van der Waals surface area contributed by atoms with Crippen molar-refractivity contribution in [1.82, 2.24) is 0 Å². The number of nitrogens with zero attached hydrogens (tertiary/aromatic N) is 2. The number of halogens is 1. The van der Waals surface area contributed by atoms with Crippen LogP contribution in [-0.4, -0.2) is 33.2 Å². The van der Waals surface area contributed by atoms with Gasteiger partial charge >= 0.3 is 12.1 Å². The minimum absolute atomic E-state index is 0.170. The Balaban J connectivity index is 3.61. The highest BCUT2D eigenvalue weighted by atomic mass is 79.9. The molecule has 1 rings (SSSR count). The molecular formula is C15H19BrN2O6. The van der Waals surface area contributed by atoms with Crippen LogP contribution in [0.5, 0.6) is 0 Å². The number of hydrogen-bond donors (Lipinski definition) is 1. The number of aliphatic carboxylic acids is 1. The second kappa shape index (κ2) is 6.76. The fourth-order valence-electron chi connectivity index (χ4n) is 1.86. The highest BCUT2D eigenvalue weighted by Gasteiger charge is 2.44. The van der Waals surface area contributed by atoms with Crippen molar-refractivity contribution < 1.29 is 24.4 Å². The fourth-order valence-corrected chi connectivity index (χ4v) is 2.21. The van der Waals surface area contributed by atoms with E-state index < -0.39 is 33.8 Å². The Morgan fingerprint density at radius 1 is 1.25 bits per heavy atom. The van der Waals surface area contributed by atoms with E-state index in [2.05, 4.69) is 15.9 Å². The third-order valence-electron chi connectivity index (χ3n) is 3.03. The second-order valence-electron chi connectivity index (χ2n) is 6.57. The molecule has 0 atom stereocenters. The molecule has 0 heterocycles. The summed E-state index contributed by atoms with van der Waals surface area (Å²) in [6.45, 7) is 7.39. The monoisotopic (exact) mass is 402 g/mol. The zero-order valence-corrected chi connectivity index (χ0v) is 15.6. The predicted octanol–water partition coefficient (Wildman–Crippen LogP) is 3.96. The van der Waals surface area contributed by atoms with E-state index in [-0.39, 0.29) is 5.69 Å². The molecule has 0 aliphatic rings. The van der Waals surface area contributed by atoms with Gasteiger partial charge in [-0.1, -0.05) is 15.9 Å². The summed E-state index contributed by atoms with van der Waals surface area (Å²) in [6.07, 6.45) is -0.990. The Morgan fingerprint density at radius 3 is 2.21 bits per heavy atom. The summed E-state index contributed by atoms with van der Waals surface area (Å²) >= 11 is 3.18. The zero-order chi connectivity index (χ0) is 18.9. The third kappa shape index (κ3) is 4.44. The molecule has 0 fully saturated rings. The van der Waals surface area contributed by atoms with Gasteiger partial charge in [0, 0.05) is 10.5 Å². The minimum atomic E-state index is -1.77. The van der Waals surface area contributed by atoms with E-state index in [1.54, 1.807) is 20.8 Å². The maximum absolute atomic E-state index is 12.6. The number of nitro groups is 1. The summed E-state index contributed by atoms with van der Waals surface area (Å²) in [7, 11) is 0. The summed E-state index contributed by atoms with van der Waals surface area (Å²) in [4.78, 5) is 35.6. The molecule has 0 aliphatic heterocycles. The van der Waals surface area contributed by atoms with E-state index in [0.717, 1.165) is 4.90 Å². The smallest absolute Gasteiger partial charge is 0.416 e. The SMILES string of the molecule is CC(C)(C)OC(=O)N(c1cc(Br)ccc1[N+](=O)[O-])C(C)(C)C(=O)O. The van der Waals surface area contributed by atoms with Crippen LogP contribution in [0.15, 0.2) is 22.7 Å². The van der Waals surface area contributed by atoms with Crippen molar-refractivity contribution in [3.05, 3.63) is 32.8 Å². The van der Waals surface area contributed by atoms with Crippen LogP contribution in [0.1, 0.15) is 34.6 Å². The van der Waals surface area contributed by atoms with Crippen LogP contribution in [-0.2, 0) is 9.53 Å². The molecule has 8 nitrogen and oxygen atoms in total. The lowest BCUT2D eigenvalue weighted by molar-refractivity contribution is -0.384. The van der Waals surface area contributed by atoms with Gasteiger partial charge in [-0.2, -0.15) is 0 Å². The predicted molar refractivity (Wildman–Crippen MR) is 91.2 cm³/mol. The number of ether oxygens (including phenoxy) is 1. The Bertz CT molecular complexity index is 681. The number of carboxylic acids is 1. The van der Waals surface area contributed by atoms with Gasteiger partial charge in [0.1, 0.15) is 16.8 Å². The van der Waals surface area contributed by atoms with Crippen molar-refractivity contribution >= 4 is 39.4 Å². The summed E-state index contributed by atoms with van der Waals surface area (Å²) in [5.74, 6) is -1.33.